The van der Waals surface area contributed by atoms with E-state index >= 15 is 0 Å². The van der Waals surface area contributed by atoms with Crippen LogP contribution in [0.15, 0.2) is 46.2 Å². The Bertz CT molecular complexity index is 658. The van der Waals surface area contributed by atoms with Crippen LogP contribution in [-0.4, -0.2) is 18.4 Å². The van der Waals surface area contributed by atoms with E-state index in [1.54, 1.807) is 6.07 Å². The number of hydrogen-bond donors (Lipinski definition) is 2. The first kappa shape index (κ1) is 12.8. The Morgan fingerprint density at radius 3 is 2.61 bits per heavy atom. The normalized spacial score (nSPS) is 11.2. The van der Waals surface area contributed by atoms with Gasteiger partial charge in [-0.1, -0.05) is 0 Å². The van der Waals surface area contributed by atoms with Crippen molar-refractivity contribution in [1.82, 2.24) is 9.97 Å². The van der Waals surface area contributed by atoms with E-state index in [4.69, 9.17) is 5.73 Å². The minimum Gasteiger partial charge on any atom is -0.397 e. The second-order valence-corrected chi connectivity index (χ2v) is 6.02. The first-order valence-corrected chi connectivity index (χ1v) is 7.10. The van der Waals surface area contributed by atoms with Gasteiger partial charge in [0.05, 0.1) is 11.9 Å². The molecule has 2 aromatic heterocycles. The first-order chi connectivity index (χ1) is 8.47. The largest absolute Gasteiger partial charge is 0.397 e. The Morgan fingerprint density at radius 2 is 2.00 bits per heavy atom. The van der Waals surface area contributed by atoms with Crippen LogP contribution in [0.3, 0.4) is 0 Å². The summed E-state index contributed by atoms with van der Waals surface area (Å²) in [4.78, 5) is 7.72. The molecule has 0 bridgehead atoms. The maximum absolute atomic E-state index is 12.0. The van der Waals surface area contributed by atoms with E-state index in [0.29, 0.717) is 10.2 Å². The second kappa shape index (κ2) is 4.91. The third kappa shape index (κ3) is 2.96. The molecule has 0 amide bonds. The molecular formula is C10H9BrN4O2S. The van der Waals surface area contributed by atoms with Crippen LogP contribution in [0.25, 0.3) is 0 Å². The highest BCUT2D eigenvalue weighted by Gasteiger charge is 2.15. The summed E-state index contributed by atoms with van der Waals surface area (Å²) in [6.45, 7) is 0. The average Bonchev–Trinajstić information content (AvgIpc) is 2.32. The van der Waals surface area contributed by atoms with Gasteiger partial charge in [0.1, 0.15) is 10.7 Å². The van der Waals surface area contributed by atoms with Gasteiger partial charge < -0.3 is 5.73 Å². The fourth-order valence-corrected chi connectivity index (χ4v) is 2.71. The standard InChI is InChI=1S/C10H9BrN4O2S/c11-7-3-9(6-13-4-7)18(16,17)15-10-2-1-8(12)5-14-10/h1-6H,12H2,(H,14,15). The van der Waals surface area contributed by atoms with Crippen molar-refractivity contribution >= 4 is 37.5 Å². The number of halogens is 1. The van der Waals surface area contributed by atoms with Gasteiger partial charge in [0.15, 0.2) is 0 Å². The fraction of sp³-hybridized carbons (Fsp3) is 0. The van der Waals surface area contributed by atoms with Crippen LogP contribution in [0, 0.1) is 0 Å². The lowest BCUT2D eigenvalue weighted by molar-refractivity contribution is 0.600. The number of pyridine rings is 2. The smallest absolute Gasteiger partial charge is 0.264 e. The molecule has 2 rings (SSSR count). The Labute approximate surface area is 112 Å². The van der Waals surface area contributed by atoms with Gasteiger partial charge in [-0.3, -0.25) is 9.71 Å². The van der Waals surface area contributed by atoms with Gasteiger partial charge in [0.25, 0.3) is 10.0 Å². The van der Waals surface area contributed by atoms with E-state index in [0.717, 1.165) is 0 Å². The minimum absolute atomic E-state index is 0.0514. The molecule has 3 N–H and O–H groups in total. The highest BCUT2D eigenvalue weighted by atomic mass is 79.9. The molecule has 18 heavy (non-hydrogen) atoms. The highest BCUT2D eigenvalue weighted by Crippen LogP contribution is 2.17. The van der Waals surface area contributed by atoms with E-state index in [9.17, 15) is 8.42 Å². The molecule has 2 heterocycles. The molecule has 8 heteroatoms. The number of aromatic nitrogens is 2. The Balaban J connectivity index is 2.30. The van der Waals surface area contributed by atoms with E-state index in [1.807, 2.05) is 0 Å². The Hall–Kier alpha value is -1.67. The third-order valence-electron chi connectivity index (χ3n) is 2.02. The summed E-state index contributed by atoms with van der Waals surface area (Å²) in [5.41, 5.74) is 5.93. The molecular weight excluding hydrogens is 320 g/mol. The molecule has 0 fully saturated rings. The van der Waals surface area contributed by atoms with Crippen molar-refractivity contribution in [1.29, 1.82) is 0 Å². The lowest BCUT2D eigenvalue weighted by Gasteiger charge is -2.07. The topological polar surface area (TPSA) is 98.0 Å². The van der Waals surface area contributed by atoms with Gasteiger partial charge in [-0.25, -0.2) is 13.4 Å². The molecule has 0 unspecified atom stereocenters. The number of hydrogen-bond acceptors (Lipinski definition) is 5. The number of nitrogens with zero attached hydrogens (tertiary/aromatic N) is 2. The Morgan fingerprint density at radius 1 is 1.22 bits per heavy atom. The van der Waals surface area contributed by atoms with Crippen molar-refractivity contribution in [2.75, 3.05) is 10.5 Å². The predicted octanol–water partition coefficient (Wildman–Crippen LogP) is 1.62. The summed E-state index contributed by atoms with van der Waals surface area (Å²) < 4.78 is 26.9. The first-order valence-electron chi connectivity index (χ1n) is 4.82. The molecule has 0 radical (unpaired) electrons. The van der Waals surface area contributed by atoms with Gasteiger partial charge in [-0.05, 0) is 34.1 Å². The third-order valence-corrected chi connectivity index (χ3v) is 3.77. The summed E-state index contributed by atoms with van der Waals surface area (Å²) in [6, 6.07) is 4.49. The van der Waals surface area contributed by atoms with Crippen molar-refractivity contribution in [3.63, 3.8) is 0 Å². The molecule has 0 aliphatic heterocycles. The van der Waals surface area contributed by atoms with Crippen LogP contribution < -0.4 is 10.5 Å². The summed E-state index contributed by atoms with van der Waals surface area (Å²) in [7, 11) is -3.69. The lowest BCUT2D eigenvalue weighted by atomic mass is 10.4. The fourth-order valence-electron chi connectivity index (χ4n) is 1.20. The molecule has 0 saturated heterocycles. The van der Waals surface area contributed by atoms with E-state index in [2.05, 4.69) is 30.6 Å². The molecule has 0 aromatic carbocycles. The van der Waals surface area contributed by atoms with Gasteiger partial charge >= 0.3 is 0 Å². The number of sulfonamides is 1. The SMILES string of the molecule is Nc1ccc(NS(=O)(=O)c2cncc(Br)c2)nc1. The second-order valence-electron chi connectivity index (χ2n) is 3.42. The molecule has 0 aliphatic rings. The van der Waals surface area contributed by atoms with Crippen LogP contribution in [0.2, 0.25) is 0 Å². The Kier molecular flexibility index (Phi) is 3.48. The monoisotopic (exact) mass is 328 g/mol. The van der Waals surface area contributed by atoms with Crippen molar-refractivity contribution in [3.8, 4) is 0 Å². The van der Waals surface area contributed by atoms with Crippen molar-refractivity contribution in [3.05, 3.63) is 41.3 Å². The zero-order chi connectivity index (χ0) is 13.2. The van der Waals surface area contributed by atoms with Crippen molar-refractivity contribution < 1.29 is 8.42 Å². The van der Waals surface area contributed by atoms with Crippen LogP contribution >= 0.6 is 15.9 Å². The molecule has 0 atom stereocenters. The highest BCUT2D eigenvalue weighted by molar-refractivity contribution is 9.10. The zero-order valence-electron chi connectivity index (χ0n) is 9.04. The van der Waals surface area contributed by atoms with E-state index in [1.165, 1.54) is 30.7 Å². The summed E-state index contributed by atoms with van der Waals surface area (Å²) >= 11 is 3.16. The molecule has 94 valence electrons. The molecule has 6 nitrogen and oxygen atoms in total. The van der Waals surface area contributed by atoms with E-state index in [-0.39, 0.29) is 10.7 Å². The predicted molar refractivity (Wildman–Crippen MR) is 71.4 cm³/mol. The minimum atomic E-state index is -3.69. The number of nitrogen functional groups attached to an aromatic ring is 1. The number of nitrogens with two attached hydrogens (primary N) is 1. The molecule has 0 saturated carbocycles. The zero-order valence-corrected chi connectivity index (χ0v) is 11.4. The van der Waals surface area contributed by atoms with Gasteiger partial charge in [-0.2, -0.15) is 0 Å². The number of anilines is 2. The van der Waals surface area contributed by atoms with E-state index < -0.39 is 10.0 Å². The maximum Gasteiger partial charge on any atom is 0.264 e. The lowest BCUT2D eigenvalue weighted by Crippen LogP contribution is -2.14. The quantitative estimate of drug-likeness (QED) is 0.892. The number of nitrogens with one attached hydrogen (secondary N) is 1. The maximum atomic E-state index is 12.0. The van der Waals surface area contributed by atoms with Crippen LogP contribution in [0.4, 0.5) is 11.5 Å². The summed E-state index contributed by atoms with van der Waals surface area (Å²) in [5, 5.41) is 0. The average molecular weight is 329 g/mol. The summed E-state index contributed by atoms with van der Waals surface area (Å²) in [5.74, 6) is 0.198. The van der Waals surface area contributed by atoms with Crippen LogP contribution in [0.5, 0.6) is 0 Å². The van der Waals surface area contributed by atoms with Crippen molar-refractivity contribution in [2.24, 2.45) is 0 Å². The van der Waals surface area contributed by atoms with Gasteiger partial charge in [-0.15, -0.1) is 0 Å². The molecule has 0 spiro atoms. The van der Waals surface area contributed by atoms with Crippen LogP contribution in [0.1, 0.15) is 0 Å². The molecule has 0 aliphatic carbocycles. The summed E-state index contributed by atoms with van der Waals surface area (Å²) in [6.07, 6.45) is 4.13. The van der Waals surface area contributed by atoms with Crippen molar-refractivity contribution in [2.45, 2.75) is 4.90 Å². The molecule has 2 aromatic rings. The van der Waals surface area contributed by atoms with Gasteiger partial charge in [0, 0.05) is 16.9 Å². The number of rotatable bonds is 3. The van der Waals surface area contributed by atoms with Crippen LogP contribution in [-0.2, 0) is 10.0 Å². The van der Waals surface area contributed by atoms with Gasteiger partial charge in [0.2, 0.25) is 0 Å².